The number of amides is 14. The van der Waals surface area contributed by atoms with Gasteiger partial charge in [-0.05, 0) is 68.1 Å². The highest BCUT2D eigenvalue weighted by atomic mass is 33.1. The van der Waals surface area contributed by atoms with Crippen molar-refractivity contribution in [3.05, 3.63) is 42.0 Å². The Bertz CT molecular complexity index is 2680. The molecule has 2 fully saturated rings. The lowest BCUT2D eigenvalue weighted by Crippen LogP contribution is -2.62. The van der Waals surface area contributed by atoms with Crippen molar-refractivity contribution in [3.8, 4) is 5.75 Å². The van der Waals surface area contributed by atoms with Crippen molar-refractivity contribution in [2.24, 2.45) is 29.0 Å². The van der Waals surface area contributed by atoms with Crippen molar-refractivity contribution in [1.82, 2.24) is 52.3 Å². The number of benzene rings is 1. The Balaban J connectivity index is 1.68. The predicted octanol–water partition coefficient (Wildman–Crippen LogP) is -1.02. The van der Waals surface area contributed by atoms with Crippen LogP contribution in [-0.4, -0.2) is 177 Å². The summed E-state index contributed by atoms with van der Waals surface area (Å²) in [6.45, 7) is 6.84. The summed E-state index contributed by atoms with van der Waals surface area (Å²) in [6, 6.07) is -5.71. The number of unbranched alkanes of at least 4 members (excludes halogenated alkanes) is 7. The maximum absolute atomic E-state index is 14.9. The first-order valence-corrected chi connectivity index (χ1v) is 32.4. The molecule has 14 amide bonds. The van der Waals surface area contributed by atoms with E-state index < -0.39 is 151 Å². The smallest absolute Gasteiger partial charge is 0.253 e. The molecule has 0 radical (unpaired) electrons. The molecule has 4 rings (SSSR count). The molecule has 0 bridgehead atoms. The standard InChI is InChI=1S/C58H87N13O15S2/c1-5-34(4)50-57(85)64-37(21-22-44(59)73)52(80)66-40(29-45(60)74)53(81)68-42(58(86)70-26-14-15-43(70)56(84)67-38(27-33(2)3)51(79)62-30-46(61)75)32-88-87-31-41(55(83)65-39(54(82)69-50)28-35-17-19-36(72)20-18-35)63-47(76)16-12-10-8-6-7-9-11-13-25-71-48(77)23-24-49(71)78/h17-20,23-24,33-34,37-43,50,72H,5-16,21-22,25-32H2,1-4H3,(H2,59,73)(H2,60,74)(H2,61,75)(H,62,79)(H,63,76)(H,64,85)(H,65,83)(H,66,80)(H,67,84)(H,68,81)(H,69,82)/t34-,37-,38-,39-,40-,41-,42-,43?,50?/m0/s1. The second-order valence-corrected chi connectivity index (χ2v) is 25.2. The Hall–Kier alpha value is -7.76. The molecule has 88 heavy (non-hydrogen) atoms. The number of likely N-dealkylation sites (tertiary alicyclic amines) is 1. The average molecular weight is 1270 g/mol. The van der Waals surface area contributed by atoms with Crippen LogP contribution in [0.5, 0.6) is 5.75 Å². The number of carbonyl (C=O) groups excluding carboxylic acids is 14. The molecule has 1 aromatic rings. The van der Waals surface area contributed by atoms with E-state index in [-0.39, 0.29) is 73.6 Å². The molecular formula is C58H87N13O15S2. The average Bonchev–Trinajstić information content (AvgIpc) is 4.34. The summed E-state index contributed by atoms with van der Waals surface area (Å²) in [7, 11) is 1.97. The second-order valence-electron chi connectivity index (χ2n) is 22.7. The van der Waals surface area contributed by atoms with Crippen LogP contribution in [0, 0.1) is 11.8 Å². The zero-order valence-electron chi connectivity index (χ0n) is 50.4. The van der Waals surface area contributed by atoms with Gasteiger partial charge in [0.25, 0.3) is 11.8 Å². The van der Waals surface area contributed by atoms with Crippen molar-refractivity contribution in [2.75, 3.05) is 31.1 Å². The van der Waals surface area contributed by atoms with Gasteiger partial charge in [-0.15, -0.1) is 0 Å². The summed E-state index contributed by atoms with van der Waals surface area (Å²) in [6.07, 6.45) is 7.59. The maximum Gasteiger partial charge on any atom is 0.253 e. The van der Waals surface area contributed by atoms with Gasteiger partial charge < -0.3 is 69.7 Å². The van der Waals surface area contributed by atoms with Crippen molar-refractivity contribution >= 4 is 104 Å². The van der Waals surface area contributed by atoms with Crippen LogP contribution in [-0.2, 0) is 73.5 Å². The lowest BCUT2D eigenvalue weighted by Gasteiger charge is -2.31. The summed E-state index contributed by atoms with van der Waals surface area (Å²) in [5.41, 5.74) is 16.8. The molecule has 3 heterocycles. The molecule has 486 valence electrons. The highest BCUT2D eigenvalue weighted by Crippen LogP contribution is 2.27. The van der Waals surface area contributed by atoms with Crippen molar-refractivity contribution < 1.29 is 72.2 Å². The van der Waals surface area contributed by atoms with E-state index in [0.29, 0.717) is 37.8 Å². The molecule has 3 aliphatic rings. The second kappa shape index (κ2) is 37.2. The van der Waals surface area contributed by atoms with Crippen LogP contribution in [0.3, 0.4) is 0 Å². The number of aromatic hydroxyl groups is 1. The van der Waals surface area contributed by atoms with E-state index in [1.807, 2.05) is 0 Å². The summed E-state index contributed by atoms with van der Waals surface area (Å²) in [4.78, 5) is 190. The Kier molecular flexibility index (Phi) is 30.7. The number of phenols is 1. The predicted molar refractivity (Wildman–Crippen MR) is 326 cm³/mol. The zero-order chi connectivity index (χ0) is 65.0. The quantitative estimate of drug-likeness (QED) is 0.0260. The lowest BCUT2D eigenvalue weighted by atomic mass is 9.96. The minimum absolute atomic E-state index is 0.00262. The minimum Gasteiger partial charge on any atom is -0.508 e. The monoisotopic (exact) mass is 1270 g/mol. The third-order valence-electron chi connectivity index (χ3n) is 15.0. The van der Waals surface area contributed by atoms with Gasteiger partial charge in [-0.1, -0.05) is 106 Å². The summed E-state index contributed by atoms with van der Waals surface area (Å²) < 4.78 is 0. The number of nitrogens with two attached hydrogens (primary N) is 3. The van der Waals surface area contributed by atoms with E-state index in [4.69, 9.17) is 17.2 Å². The summed E-state index contributed by atoms with van der Waals surface area (Å²) >= 11 is 0. The van der Waals surface area contributed by atoms with E-state index in [9.17, 15) is 72.2 Å². The van der Waals surface area contributed by atoms with Gasteiger partial charge in [0.1, 0.15) is 54.1 Å². The molecule has 0 aliphatic carbocycles. The molecule has 30 heteroatoms. The first-order chi connectivity index (χ1) is 41.8. The van der Waals surface area contributed by atoms with Crippen LogP contribution in [0.2, 0.25) is 0 Å². The van der Waals surface area contributed by atoms with E-state index in [1.165, 1.54) is 46.2 Å². The number of imide groups is 1. The molecule has 2 saturated heterocycles. The third kappa shape index (κ3) is 24.8. The van der Waals surface area contributed by atoms with Crippen molar-refractivity contribution in [2.45, 2.75) is 185 Å². The van der Waals surface area contributed by atoms with Crippen LogP contribution in [0.4, 0.5) is 0 Å². The van der Waals surface area contributed by atoms with Gasteiger partial charge in [0.15, 0.2) is 0 Å². The Labute approximate surface area is 519 Å². The maximum atomic E-state index is 14.9. The first-order valence-electron chi connectivity index (χ1n) is 29.9. The molecule has 3 aliphatic heterocycles. The van der Waals surface area contributed by atoms with Gasteiger partial charge in [0.05, 0.1) is 13.0 Å². The number of phenolic OH excluding ortho intramolecular Hbond substituents is 1. The fraction of sp³-hybridized carbons (Fsp3) is 0.621. The first kappa shape index (κ1) is 72.7. The van der Waals surface area contributed by atoms with E-state index in [1.54, 1.807) is 27.7 Å². The number of hydrogen-bond donors (Lipinski definition) is 12. The molecule has 2 unspecified atom stereocenters. The molecule has 28 nitrogen and oxygen atoms in total. The van der Waals surface area contributed by atoms with Crippen LogP contribution in [0.15, 0.2) is 36.4 Å². The molecule has 9 atom stereocenters. The Morgan fingerprint density at radius 1 is 0.682 bits per heavy atom. The summed E-state index contributed by atoms with van der Waals surface area (Å²) in [5.74, 6) is -12.2. The fourth-order valence-corrected chi connectivity index (χ4v) is 12.3. The number of primary amides is 3. The van der Waals surface area contributed by atoms with Crippen LogP contribution < -0.4 is 59.7 Å². The third-order valence-corrected chi connectivity index (χ3v) is 17.4. The molecule has 0 saturated carbocycles. The topological polar surface area (TPSA) is 440 Å². The van der Waals surface area contributed by atoms with E-state index >= 15 is 0 Å². The van der Waals surface area contributed by atoms with Crippen molar-refractivity contribution in [3.63, 3.8) is 0 Å². The zero-order valence-corrected chi connectivity index (χ0v) is 52.0. The van der Waals surface area contributed by atoms with Crippen LogP contribution in [0.1, 0.15) is 136 Å². The van der Waals surface area contributed by atoms with E-state index in [0.717, 1.165) is 53.7 Å². The molecule has 0 aromatic heterocycles. The highest BCUT2D eigenvalue weighted by Gasteiger charge is 2.41. The largest absolute Gasteiger partial charge is 0.508 e. The number of nitrogens with one attached hydrogen (secondary N) is 8. The number of carbonyl (C=O) groups is 14. The normalized spacial score (nSPS) is 22.3. The van der Waals surface area contributed by atoms with Crippen LogP contribution in [0.25, 0.3) is 0 Å². The van der Waals surface area contributed by atoms with Gasteiger partial charge in [-0.2, -0.15) is 0 Å². The van der Waals surface area contributed by atoms with E-state index in [2.05, 4.69) is 42.5 Å². The Morgan fingerprint density at radius 2 is 1.27 bits per heavy atom. The SMILES string of the molecule is CC[C@H](C)C1NC(=O)[C@H](Cc2ccc(O)cc2)NC(=O)[C@@H](NC(=O)CCCCCCCCCCN2C(=O)C=CC2=O)CSSC[C@@H](C(=O)N2CCCC2C(=O)N[C@@H](CC(C)C)C(=O)NCC(N)=O)NC(=O)[C@H](CC(N)=O)NC(=O)[C@H](CCC(N)=O)NC1=O. The molecule has 15 N–H and O–H groups in total. The number of rotatable bonds is 29. The highest BCUT2D eigenvalue weighted by molar-refractivity contribution is 8.76. The molecule has 1 aromatic carbocycles. The number of hydrogen-bond acceptors (Lipinski definition) is 17. The Morgan fingerprint density at radius 3 is 1.89 bits per heavy atom. The van der Waals surface area contributed by atoms with Gasteiger partial charge in [-0.25, -0.2) is 0 Å². The van der Waals surface area contributed by atoms with Crippen molar-refractivity contribution in [1.29, 1.82) is 0 Å². The number of nitrogens with zero attached hydrogens (tertiary/aromatic N) is 2. The lowest BCUT2D eigenvalue weighted by molar-refractivity contribution is -0.142. The summed E-state index contributed by atoms with van der Waals surface area (Å²) in [5, 5.41) is 30.9. The van der Waals surface area contributed by atoms with Gasteiger partial charge in [0.2, 0.25) is 70.9 Å². The van der Waals surface area contributed by atoms with Gasteiger partial charge in [-0.3, -0.25) is 72.0 Å². The van der Waals surface area contributed by atoms with Crippen LogP contribution >= 0.6 is 21.6 Å². The fourth-order valence-electron chi connectivity index (χ4n) is 9.97. The minimum atomic E-state index is -1.81. The van der Waals surface area contributed by atoms with Gasteiger partial charge >= 0.3 is 0 Å². The van der Waals surface area contributed by atoms with Gasteiger partial charge in [0, 0.05) is 56.0 Å². The molecule has 0 spiro atoms. The molecular weight excluding hydrogens is 1180 g/mol.